The highest BCUT2D eigenvalue weighted by Gasteiger charge is 2.20. The first-order chi connectivity index (χ1) is 17.2. The number of carbonyl (C=O) groups is 1. The van der Waals surface area contributed by atoms with Crippen LogP contribution in [0.15, 0.2) is 54.7 Å². The molecule has 0 atom stereocenters. The molecule has 0 fully saturated rings. The predicted octanol–water partition coefficient (Wildman–Crippen LogP) is 6.71. The summed E-state index contributed by atoms with van der Waals surface area (Å²) in [7, 11) is 1.89. The van der Waals surface area contributed by atoms with E-state index in [1.807, 2.05) is 55.9 Å². The number of fused-ring (bicyclic) bond motifs is 1. The Morgan fingerprint density at radius 3 is 2.47 bits per heavy atom. The van der Waals surface area contributed by atoms with Crippen LogP contribution in [0.25, 0.3) is 22.2 Å². The smallest absolute Gasteiger partial charge is 0.257 e. The van der Waals surface area contributed by atoms with Crippen molar-refractivity contribution in [1.82, 2.24) is 24.5 Å². The number of hydrogen-bond donors (Lipinski definition) is 1. The first-order valence-electron chi connectivity index (χ1n) is 11.1. The molecule has 0 aliphatic carbocycles. The summed E-state index contributed by atoms with van der Waals surface area (Å²) in [4.78, 5) is 18.3. The lowest BCUT2D eigenvalue weighted by atomic mass is 10.0. The highest BCUT2D eigenvalue weighted by molar-refractivity contribution is 6.42. The van der Waals surface area contributed by atoms with Gasteiger partial charge in [0, 0.05) is 29.9 Å². The van der Waals surface area contributed by atoms with Crippen molar-refractivity contribution in [3.05, 3.63) is 92.3 Å². The van der Waals surface area contributed by atoms with E-state index in [-0.39, 0.29) is 11.7 Å². The maximum Gasteiger partial charge on any atom is 0.257 e. The second kappa shape index (κ2) is 9.58. The van der Waals surface area contributed by atoms with Crippen molar-refractivity contribution in [2.45, 2.75) is 20.4 Å². The SMILES string of the molecule is Cc1nn(C)c(C)c1-c1cc(C(=O)Nc2nn(Cc3ccc(Cl)c(Cl)c3)cc2Cl)c2ccccc2n1. The summed E-state index contributed by atoms with van der Waals surface area (Å²) in [5, 5.41) is 13.8. The van der Waals surface area contributed by atoms with Gasteiger partial charge < -0.3 is 5.32 Å². The fraction of sp³-hybridized carbons (Fsp3) is 0.154. The van der Waals surface area contributed by atoms with E-state index in [0.717, 1.165) is 27.9 Å². The van der Waals surface area contributed by atoms with E-state index < -0.39 is 0 Å². The summed E-state index contributed by atoms with van der Waals surface area (Å²) in [5.74, 6) is -0.0753. The Kier molecular flexibility index (Phi) is 6.47. The first kappa shape index (κ1) is 24.3. The van der Waals surface area contributed by atoms with E-state index in [0.29, 0.717) is 38.4 Å². The van der Waals surface area contributed by atoms with Crippen molar-refractivity contribution in [1.29, 1.82) is 0 Å². The number of amides is 1. The highest BCUT2D eigenvalue weighted by Crippen LogP contribution is 2.30. The van der Waals surface area contributed by atoms with Crippen molar-refractivity contribution >= 4 is 57.4 Å². The van der Waals surface area contributed by atoms with Crippen LogP contribution in [0.4, 0.5) is 5.82 Å². The summed E-state index contributed by atoms with van der Waals surface area (Å²) in [5.41, 5.74) is 5.46. The van der Waals surface area contributed by atoms with Crippen molar-refractivity contribution < 1.29 is 4.79 Å². The Hall–Kier alpha value is -3.39. The van der Waals surface area contributed by atoms with Crippen molar-refractivity contribution in [2.24, 2.45) is 7.05 Å². The standard InChI is InChI=1S/C26H21Cl3N6O/c1-14-24(15(2)34(3)32-14)23-11-18(17-6-4-5-7-22(17)30-23)26(36)31-25-21(29)13-35(33-25)12-16-8-9-19(27)20(28)10-16/h4-11,13H,12H2,1-3H3,(H,31,33,36). The molecule has 0 spiro atoms. The Labute approximate surface area is 222 Å². The number of para-hydroxylation sites is 1. The van der Waals surface area contributed by atoms with Gasteiger partial charge in [-0.05, 0) is 43.7 Å². The zero-order valence-electron chi connectivity index (χ0n) is 19.7. The molecule has 1 N–H and O–H groups in total. The molecule has 182 valence electrons. The molecule has 10 heteroatoms. The number of nitrogens with one attached hydrogen (secondary N) is 1. The molecule has 5 aromatic rings. The monoisotopic (exact) mass is 538 g/mol. The summed E-state index contributed by atoms with van der Waals surface area (Å²) >= 11 is 18.6. The molecule has 0 saturated heterocycles. The molecule has 3 aromatic heterocycles. The minimum atomic E-state index is -0.337. The van der Waals surface area contributed by atoms with Crippen LogP contribution < -0.4 is 5.32 Å². The topological polar surface area (TPSA) is 77.6 Å². The second-order valence-electron chi connectivity index (χ2n) is 8.47. The Morgan fingerprint density at radius 2 is 1.75 bits per heavy atom. The van der Waals surface area contributed by atoms with Crippen LogP contribution in [0.2, 0.25) is 15.1 Å². The Balaban J connectivity index is 1.49. The minimum Gasteiger partial charge on any atom is -0.304 e. The normalized spacial score (nSPS) is 11.3. The van der Waals surface area contributed by atoms with E-state index in [4.69, 9.17) is 39.8 Å². The molecule has 0 radical (unpaired) electrons. The van der Waals surface area contributed by atoms with Crippen molar-refractivity contribution in [2.75, 3.05) is 5.32 Å². The van der Waals surface area contributed by atoms with Crippen molar-refractivity contribution in [3.63, 3.8) is 0 Å². The molecule has 0 unspecified atom stereocenters. The fourth-order valence-electron chi connectivity index (χ4n) is 4.20. The lowest BCUT2D eigenvalue weighted by molar-refractivity contribution is 0.102. The summed E-state index contributed by atoms with van der Waals surface area (Å²) < 4.78 is 3.44. The number of pyridine rings is 1. The van der Waals surface area contributed by atoms with Gasteiger partial charge in [0.15, 0.2) is 5.82 Å². The first-order valence-corrected chi connectivity index (χ1v) is 12.2. The molecular formula is C26H21Cl3N6O. The summed E-state index contributed by atoms with van der Waals surface area (Å²) in [6, 6.07) is 14.7. The number of halogens is 3. The molecule has 1 amide bonds. The number of anilines is 1. The molecule has 36 heavy (non-hydrogen) atoms. The number of aromatic nitrogens is 5. The number of hydrogen-bond acceptors (Lipinski definition) is 4. The molecule has 0 saturated carbocycles. The molecular weight excluding hydrogens is 519 g/mol. The van der Waals surface area contributed by atoms with E-state index in [1.54, 1.807) is 29.1 Å². The minimum absolute atomic E-state index is 0.262. The van der Waals surface area contributed by atoms with E-state index in [9.17, 15) is 4.79 Å². The zero-order chi connectivity index (χ0) is 25.6. The molecule has 3 heterocycles. The lowest BCUT2D eigenvalue weighted by Crippen LogP contribution is -2.14. The van der Waals surface area contributed by atoms with Crippen LogP contribution in [0.3, 0.4) is 0 Å². The number of nitrogens with zero attached hydrogens (tertiary/aromatic N) is 5. The van der Waals surface area contributed by atoms with Crippen LogP contribution >= 0.6 is 34.8 Å². The van der Waals surface area contributed by atoms with Gasteiger partial charge in [0.1, 0.15) is 5.02 Å². The number of rotatable bonds is 5. The second-order valence-corrected chi connectivity index (χ2v) is 9.69. The van der Waals surface area contributed by atoms with E-state index in [1.165, 1.54) is 0 Å². The van der Waals surface area contributed by atoms with Gasteiger partial charge in [-0.15, -0.1) is 0 Å². The maximum atomic E-state index is 13.5. The number of benzene rings is 2. The Bertz CT molecular complexity index is 1640. The van der Waals surface area contributed by atoms with Gasteiger partial charge >= 0.3 is 0 Å². The van der Waals surface area contributed by atoms with Crippen LogP contribution in [-0.4, -0.2) is 30.5 Å². The van der Waals surface area contributed by atoms with Gasteiger partial charge in [0.25, 0.3) is 5.91 Å². The fourth-order valence-corrected chi connectivity index (χ4v) is 4.72. The van der Waals surface area contributed by atoms with Gasteiger partial charge in [0.2, 0.25) is 0 Å². The largest absolute Gasteiger partial charge is 0.304 e. The van der Waals surface area contributed by atoms with Crippen LogP contribution in [0.1, 0.15) is 27.3 Å². The van der Waals surface area contributed by atoms with Gasteiger partial charge in [0.05, 0.1) is 39.1 Å². The van der Waals surface area contributed by atoms with Gasteiger partial charge in [-0.2, -0.15) is 10.2 Å². The number of carbonyl (C=O) groups excluding carboxylic acids is 1. The lowest BCUT2D eigenvalue weighted by Gasteiger charge is -2.10. The molecule has 7 nitrogen and oxygen atoms in total. The molecule has 2 aromatic carbocycles. The average molecular weight is 540 g/mol. The molecule has 0 aliphatic heterocycles. The zero-order valence-corrected chi connectivity index (χ0v) is 21.9. The molecule has 5 rings (SSSR count). The van der Waals surface area contributed by atoms with Crippen LogP contribution in [-0.2, 0) is 13.6 Å². The summed E-state index contributed by atoms with van der Waals surface area (Å²) in [6.45, 7) is 4.32. The van der Waals surface area contributed by atoms with Crippen LogP contribution in [0.5, 0.6) is 0 Å². The third kappa shape index (κ3) is 4.57. The van der Waals surface area contributed by atoms with Gasteiger partial charge in [-0.25, -0.2) is 4.98 Å². The summed E-state index contributed by atoms with van der Waals surface area (Å²) in [6.07, 6.45) is 1.65. The third-order valence-corrected chi connectivity index (χ3v) is 7.02. The van der Waals surface area contributed by atoms with Gasteiger partial charge in [-0.1, -0.05) is 59.1 Å². The quantitative estimate of drug-likeness (QED) is 0.269. The van der Waals surface area contributed by atoms with Crippen LogP contribution in [0, 0.1) is 13.8 Å². The van der Waals surface area contributed by atoms with E-state index >= 15 is 0 Å². The third-order valence-electron chi connectivity index (χ3n) is 6.00. The van der Waals surface area contributed by atoms with E-state index in [2.05, 4.69) is 15.5 Å². The maximum absolute atomic E-state index is 13.5. The highest BCUT2D eigenvalue weighted by atomic mass is 35.5. The number of aryl methyl sites for hydroxylation is 2. The molecule has 0 aliphatic rings. The Morgan fingerprint density at radius 1 is 0.972 bits per heavy atom. The average Bonchev–Trinajstić information content (AvgIpc) is 3.31. The van der Waals surface area contributed by atoms with Gasteiger partial charge in [-0.3, -0.25) is 14.2 Å². The van der Waals surface area contributed by atoms with Crippen molar-refractivity contribution in [3.8, 4) is 11.3 Å². The predicted molar refractivity (Wildman–Crippen MR) is 144 cm³/mol. The molecule has 0 bridgehead atoms.